The SMILES string of the molecule is CC(=O)Nc1cccc(-c2ccc(CC(C)C)s2)n1. The molecule has 1 N–H and O–H groups in total. The zero-order valence-electron chi connectivity index (χ0n) is 11.4. The van der Waals surface area contributed by atoms with E-state index in [1.807, 2.05) is 12.1 Å². The zero-order valence-corrected chi connectivity index (χ0v) is 12.3. The Bertz CT molecular complexity index is 575. The smallest absolute Gasteiger partial charge is 0.222 e. The highest BCUT2D eigenvalue weighted by atomic mass is 32.1. The summed E-state index contributed by atoms with van der Waals surface area (Å²) in [6.45, 7) is 5.92. The lowest BCUT2D eigenvalue weighted by atomic mass is 10.1. The first-order valence-electron chi connectivity index (χ1n) is 6.38. The van der Waals surface area contributed by atoms with E-state index in [1.54, 1.807) is 17.4 Å². The average Bonchev–Trinajstić information content (AvgIpc) is 2.76. The third kappa shape index (κ3) is 3.89. The molecule has 0 aromatic carbocycles. The largest absolute Gasteiger partial charge is 0.311 e. The number of amides is 1. The molecule has 2 heterocycles. The van der Waals surface area contributed by atoms with Gasteiger partial charge in [-0.2, -0.15) is 0 Å². The monoisotopic (exact) mass is 274 g/mol. The summed E-state index contributed by atoms with van der Waals surface area (Å²) in [5.41, 5.74) is 0.909. The molecule has 0 fully saturated rings. The fraction of sp³-hybridized carbons (Fsp3) is 0.333. The Balaban J connectivity index is 2.21. The number of nitrogens with zero attached hydrogens (tertiary/aromatic N) is 1. The number of carbonyl (C=O) groups excluding carboxylic acids is 1. The molecule has 0 spiro atoms. The normalized spacial score (nSPS) is 10.7. The molecule has 0 bridgehead atoms. The third-order valence-electron chi connectivity index (χ3n) is 2.58. The Labute approximate surface area is 117 Å². The van der Waals surface area contributed by atoms with Crippen LogP contribution in [-0.2, 0) is 11.2 Å². The predicted octanol–water partition coefficient (Wildman–Crippen LogP) is 3.97. The summed E-state index contributed by atoms with van der Waals surface area (Å²) in [7, 11) is 0. The molecule has 0 saturated carbocycles. The van der Waals surface area contributed by atoms with Crippen LogP contribution in [-0.4, -0.2) is 10.9 Å². The van der Waals surface area contributed by atoms with E-state index in [0.29, 0.717) is 11.7 Å². The first-order chi connectivity index (χ1) is 9.04. The summed E-state index contributed by atoms with van der Waals surface area (Å²) >= 11 is 1.77. The molecule has 0 aliphatic heterocycles. The molecular weight excluding hydrogens is 256 g/mol. The van der Waals surface area contributed by atoms with Crippen molar-refractivity contribution in [3.8, 4) is 10.6 Å². The third-order valence-corrected chi connectivity index (χ3v) is 3.71. The highest BCUT2D eigenvalue weighted by Crippen LogP contribution is 2.28. The van der Waals surface area contributed by atoms with Crippen molar-refractivity contribution >= 4 is 23.1 Å². The predicted molar refractivity (Wildman–Crippen MR) is 80.4 cm³/mol. The molecule has 4 heteroatoms. The molecule has 0 aliphatic carbocycles. The molecule has 2 rings (SSSR count). The van der Waals surface area contributed by atoms with Crippen LogP contribution in [0.3, 0.4) is 0 Å². The van der Waals surface area contributed by atoms with Crippen molar-refractivity contribution in [2.75, 3.05) is 5.32 Å². The van der Waals surface area contributed by atoms with Crippen molar-refractivity contribution in [1.29, 1.82) is 0 Å². The molecule has 0 radical (unpaired) electrons. The van der Waals surface area contributed by atoms with Crippen LogP contribution in [0.1, 0.15) is 25.6 Å². The summed E-state index contributed by atoms with van der Waals surface area (Å²) in [6.07, 6.45) is 1.09. The number of pyridine rings is 1. The molecule has 2 aromatic rings. The summed E-state index contributed by atoms with van der Waals surface area (Å²) in [5, 5.41) is 2.71. The van der Waals surface area contributed by atoms with Crippen LogP contribution >= 0.6 is 11.3 Å². The zero-order chi connectivity index (χ0) is 13.8. The van der Waals surface area contributed by atoms with Crippen LogP contribution < -0.4 is 5.32 Å². The van der Waals surface area contributed by atoms with Gasteiger partial charge < -0.3 is 5.32 Å². The Morgan fingerprint density at radius 1 is 1.32 bits per heavy atom. The molecule has 100 valence electrons. The fourth-order valence-electron chi connectivity index (χ4n) is 1.85. The molecule has 19 heavy (non-hydrogen) atoms. The van der Waals surface area contributed by atoms with E-state index in [0.717, 1.165) is 17.0 Å². The van der Waals surface area contributed by atoms with E-state index in [1.165, 1.54) is 11.8 Å². The van der Waals surface area contributed by atoms with Gasteiger partial charge in [0, 0.05) is 11.8 Å². The minimum absolute atomic E-state index is 0.101. The maximum Gasteiger partial charge on any atom is 0.222 e. The first kappa shape index (κ1) is 13.7. The number of carbonyl (C=O) groups is 1. The van der Waals surface area contributed by atoms with Crippen LogP contribution in [0.4, 0.5) is 5.82 Å². The molecule has 2 aromatic heterocycles. The standard InChI is InChI=1S/C15H18N2OS/c1-10(2)9-12-7-8-14(19-12)13-5-4-6-15(17-13)16-11(3)18/h4-8,10H,9H2,1-3H3,(H,16,17,18). The van der Waals surface area contributed by atoms with Gasteiger partial charge in [0.25, 0.3) is 0 Å². The number of anilines is 1. The summed E-state index contributed by atoms with van der Waals surface area (Å²) in [4.78, 5) is 18.0. The highest BCUT2D eigenvalue weighted by molar-refractivity contribution is 7.15. The topological polar surface area (TPSA) is 42.0 Å². The Morgan fingerprint density at radius 2 is 2.11 bits per heavy atom. The van der Waals surface area contributed by atoms with Crippen molar-refractivity contribution in [3.63, 3.8) is 0 Å². The first-order valence-corrected chi connectivity index (χ1v) is 7.20. The second kappa shape index (κ2) is 5.97. The van der Waals surface area contributed by atoms with E-state index in [-0.39, 0.29) is 5.91 Å². The molecule has 3 nitrogen and oxygen atoms in total. The van der Waals surface area contributed by atoms with Crippen molar-refractivity contribution in [2.24, 2.45) is 5.92 Å². The minimum atomic E-state index is -0.101. The van der Waals surface area contributed by atoms with Gasteiger partial charge in [-0.15, -0.1) is 11.3 Å². The van der Waals surface area contributed by atoms with Crippen LogP contribution in [0.15, 0.2) is 30.3 Å². The van der Waals surface area contributed by atoms with Crippen molar-refractivity contribution < 1.29 is 4.79 Å². The fourth-order valence-corrected chi connectivity index (χ4v) is 3.04. The van der Waals surface area contributed by atoms with Gasteiger partial charge in [-0.1, -0.05) is 19.9 Å². The molecule has 0 aliphatic rings. The van der Waals surface area contributed by atoms with Gasteiger partial charge in [-0.3, -0.25) is 4.79 Å². The summed E-state index contributed by atoms with van der Waals surface area (Å²) < 4.78 is 0. The number of thiophene rings is 1. The lowest BCUT2D eigenvalue weighted by molar-refractivity contribution is -0.114. The van der Waals surface area contributed by atoms with Crippen LogP contribution in [0.2, 0.25) is 0 Å². The van der Waals surface area contributed by atoms with Crippen molar-refractivity contribution in [1.82, 2.24) is 4.98 Å². The maximum absolute atomic E-state index is 11.0. The van der Waals surface area contributed by atoms with E-state index in [4.69, 9.17) is 0 Å². The Hall–Kier alpha value is -1.68. The minimum Gasteiger partial charge on any atom is -0.311 e. The van der Waals surface area contributed by atoms with E-state index in [2.05, 4.69) is 36.3 Å². The van der Waals surface area contributed by atoms with Gasteiger partial charge in [0.05, 0.1) is 10.6 Å². The molecule has 0 unspecified atom stereocenters. The average molecular weight is 274 g/mol. The molecule has 0 saturated heterocycles. The van der Waals surface area contributed by atoms with E-state index >= 15 is 0 Å². The second-order valence-electron chi connectivity index (χ2n) is 4.95. The second-order valence-corrected chi connectivity index (χ2v) is 6.12. The maximum atomic E-state index is 11.0. The highest BCUT2D eigenvalue weighted by Gasteiger charge is 2.07. The van der Waals surface area contributed by atoms with E-state index < -0.39 is 0 Å². The quantitative estimate of drug-likeness (QED) is 0.916. The van der Waals surface area contributed by atoms with Gasteiger partial charge in [0.2, 0.25) is 5.91 Å². The Kier molecular flexibility index (Phi) is 4.32. The van der Waals surface area contributed by atoms with Gasteiger partial charge >= 0.3 is 0 Å². The molecule has 1 amide bonds. The summed E-state index contributed by atoms with van der Waals surface area (Å²) in [5.74, 6) is 1.16. The number of hydrogen-bond donors (Lipinski definition) is 1. The number of aromatic nitrogens is 1. The van der Waals surface area contributed by atoms with Gasteiger partial charge in [0.15, 0.2) is 0 Å². The number of rotatable bonds is 4. The van der Waals surface area contributed by atoms with Gasteiger partial charge in [-0.25, -0.2) is 4.98 Å². The number of hydrogen-bond acceptors (Lipinski definition) is 3. The molecule has 0 atom stereocenters. The van der Waals surface area contributed by atoms with E-state index in [9.17, 15) is 4.79 Å². The lowest BCUT2D eigenvalue weighted by Crippen LogP contribution is -2.07. The van der Waals surface area contributed by atoms with Crippen LogP contribution in [0.5, 0.6) is 0 Å². The van der Waals surface area contributed by atoms with Crippen LogP contribution in [0.25, 0.3) is 10.6 Å². The van der Waals surface area contributed by atoms with Crippen molar-refractivity contribution in [3.05, 3.63) is 35.2 Å². The molecular formula is C15H18N2OS. The van der Waals surface area contributed by atoms with Gasteiger partial charge in [0.1, 0.15) is 5.82 Å². The van der Waals surface area contributed by atoms with Gasteiger partial charge in [-0.05, 0) is 36.6 Å². The summed E-state index contributed by atoms with van der Waals surface area (Å²) in [6, 6.07) is 9.94. The Morgan fingerprint density at radius 3 is 2.79 bits per heavy atom. The van der Waals surface area contributed by atoms with Crippen molar-refractivity contribution in [2.45, 2.75) is 27.2 Å². The number of nitrogens with one attached hydrogen (secondary N) is 1. The van der Waals surface area contributed by atoms with Crippen LogP contribution in [0, 0.1) is 5.92 Å². The lowest BCUT2D eigenvalue weighted by Gasteiger charge is -2.03.